The zero-order chi connectivity index (χ0) is 19.5. The SMILES string of the molecule is CCOC(=O)CNNC(=O)[C@H](C)NC(=O)[C@H](C)NC(=O)N1CCCCC1. The number of carbonyl (C=O) groups is 4. The molecule has 0 aromatic rings. The molecule has 0 unspecified atom stereocenters. The Balaban J connectivity index is 2.31. The number of piperidine rings is 1. The van der Waals surface area contributed by atoms with Crippen LogP contribution in [0.15, 0.2) is 0 Å². The maximum absolute atomic E-state index is 12.1. The largest absolute Gasteiger partial charge is 0.465 e. The fourth-order valence-corrected chi connectivity index (χ4v) is 2.37. The minimum absolute atomic E-state index is 0.178. The second kappa shape index (κ2) is 11.3. The van der Waals surface area contributed by atoms with Crippen molar-refractivity contribution in [1.82, 2.24) is 26.4 Å². The average Bonchev–Trinajstić information content (AvgIpc) is 2.62. The van der Waals surface area contributed by atoms with Crippen molar-refractivity contribution in [2.45, 2.75) is 52.1 Å². The minimum Gasteiger partial charge on any atom is -0.465 e. The molecule has 26 heavy (non-hydrogen) atoms. The number of urea groups is 1. The lowest BCUT2D eigenvalue weighted by molar-refractivity contribution is -0.142. The van der Waals surface area contributed by atoms with Gasteiger partial charge in [0.05, 0.1) is 6.61 Å². The van der Waals surface area contributed by atoms with Crippen LogP contribution in [0.25, 0.3) is 0 Å². The lowest BCUT2D eigenvalue weighted by Gasteiger charge is -2.28. The van der Waals surface area contributed by atoms with E-state index in [0.29, 0.717) is 13.1 Å². The van der Waals surface area contributed by atoms with Crippen molar-refractivity contribution >= 4 is 23.8 Å². The van der Waals surface area contributed by atoms with E-state index in [0.717, 1.165) is 19.3 Å². The van der Waals surface area contributed by atoms with Gasteiger partial charge in [-0.1, -0.05) is 0 Å². The summed E-state index contributed by atoms with van der Waals surface area (Å²) in [6, 6.07) is -1.89. The van der Waals surface area contributed by atoms with Gasteiger partial charge >= 0.3 is 12.0 Å². The van der Waals surface area contributed by atoms with Crippen LogP contribution in [-0.4, -0.2) is 67.0 Å². The Morgan fingerprint density at radius 1 is 0.962 bits per heavy atom. The molecule has 0 aromatic carbocycles. The van der Waals surface area contributed by atoms with Crippen molar-refractivity contribution in [2.75, 3.05) is 26.2 Å². The van der Waals surface area contributed by atoms with Crippen molar-refractivity contribution in [1.29, 1.82) is 0 Å². The number of likely N-dealkylation sites (tertiary alicyclic amines) is 1. The summed E-state index contributed by atoms with van der Waals surface area (Å²) in [6.07, 6.45) is 3.03. The Hall–Kier alpha value is -2.36. The summed E-state index contributed by atoms with van der Waals surface area (Å²) >= 11 is 0. The van der Waals surface area contributed by atoms with Crippen LogP contribution in [0.3, 0.4) is 0 Å². The first-order valence-electron chi connectivity index (χ1n) is 8.89. The molecule has 0 bridgehead atoms. The van der Waals surface area contributed by atoms with Gasteiger partial charge in [-0.05, 0) is 40.0 Å². The maximum atomic E-state index is 12.1. The molecule has 0 aliphatic carbocycles. The molecule has 0 radical (unpaired) electrons. The van der Waals surface area contributed by atoms with Crippen molar-refractivity contribution in [3.05, 3.63) is 0 Å². The molecule has 1 heterocycles. The lowest BCUT2D eigenvalue weighted by Crippen LogP contribution is -2.55. The van der Waals surface area contributed by atoms with E-state index in [1.807, 2.05) is 0 Å². The first-order valence-corrected chi connectivity index (χ1v) is 8.89. The van der Waals surface area contributed by atoms with E-state index in [-0.39, 0.29) is 19.2 Å². The Bertz CT molecular complexity index is 507. The third-order valence-corrected chi connectivity index (χ3v) is 3.88. The van der Waals surface area contributed by atoms with Crippen LogP contribution in [0.2, 0.25) is 0 Å². The summed E-state index contributed by atoms with van der Waals surface area (Å²) in [6.45, 7) is 6.18. The Labute approximate surface area is 153 Å². The van der Waals surface area contributed by atoms with E-state index in [2.05, 4.69) is 21.5 Å². The van der Waals surface area contributed by atoms with Crippen LogP contribution >= 0.6 is 0 Å². The number of ether oxygens (including phenoxy) is 1. The second-order valence-corrected chi connectivity index (χ2v) is 6.10. The molecular weight excluding hydrogens is 342 g/mol. The van der Waals surface area contributed by atoms with Gasteiger partial charge < -0.3 is 20.3 Å². The molecule has 1 aliphatic heterocycles. The molecule has 0 spiro atoms. The number of amides is 4. The number of nitrogens with zero attached hydrogens (tertiary/aromatic N) is 1. The molecule has 2 atom stereocenters. The average molecular weight is 371 g/mol. The number of nitrogens with one attached hydrogen (secondary N) is 4. The van der Waals surface area contributed by atoms with E-state index in [9.17, 15) is 19.2 Å². The van der Waals surface area contributed by atoms with Crippen LogP contribution in [0.4, 0.5) is 4.79 Å². The van der Waals surface area contributed by atoms with Gasteiger partial charge in [-0.3, -0.25) is 19.8 Å². The van der Waals surface area contributed by atoms with Gasteiger partial charge in [-0.25, -0.2) is 10.2 Å². The summed E-state index contributed by atoms with van der Waals surface area (Å²) in [5.74, 6) is -1.49. The van der Waals surface area contributed by atoms with E-state index < -0.39 is 29.9 Å². The molecule has 0 saturated carbocycles. The topological polar surface area (TPSA) is 129 Å². The second-order valence-electron chi connectivity index (χ2n) is 6.10. The van der Waals surface area contributed by atoms with Crippen LogP contribution in [0, 0.1) is 0 Å². The van der Waals surface area contributed by atoms with Crippen molar-refractivity contribution in [3.63, 3.8) is 0 Å². The Kier molecular flexibility index (Phi) is 9.42. The molecule has 10 nitrogen and oxygen atoms in total. The molecule has 4 N–H and O–H groups in total. The molecule has 148 valence electrons. The van der Waals surface area contributed by atoms with Crippen LogP contribution in [0.1, 0.15) is 40.0 Å². The number of hydrazine groups is 1. The molecule has 10 heteroatoms. The first-order chi connectivity index (χ1) is 12.3. The van der Waals surface area contributed by atoms with Crippen molar-refractivity contribution < 1.29 is 23.9 Å². The highest BCUT2D eigenvalue weighted by Crippen LogP contribution is 2.08. The molecule has 1 rings (SSSR count). The third kappa shape index (κ3) is 7.68. The van der Waals surface area contributed by atoms with E-state index in [4.69, 9.17) is 4.74 Å². The third-order valence-electron chi connectivity index (χ3n) is 3.88. The Morgan fingerprint density at radius 2 is 1.58 bits per heavy atom. The normalized spacial score (nSPS) is 16.2. The molecular formula is C16H29N5O5. The zero-order valence-corrected chi connectivity index (χ0v) is 15.6. The lowest BCUT2D eigenvalue weighted by atomic mass is 10.1. The van der Waals surface area contributed by atoms with Gasteiger partial charge in [0.15, 0.2) is 0 Å². The van der Waals surface area contributed by atoms with Gasteiger partial charge in [-0.15, -0.1) is 0 Å². The molecule has 4 amide bonds. The standard InChI is InChI=1S/C16H29N5O5/c1-4-26-13(22)10-17-20-15(24)12(3)18-14(23)11(2)19-16(25)21-8-6-5-7-9-21/h11-12,17H,4-10H2,1-3H3,(H,18,23)(H,19,25)(H,20,24)/t11-,12-/m0/s1. The van der Waals surface area contributed by atoms with Gasteiger partial charge in [0.1, 0.15) is 18.6 Å². The number of rotatable bonds is 8. The number of carbonyl (C=O) groups excluding carboxylic acids is 4. The fraction of sp³-hybridized carbons (Fsp3) is 0.750. The quantitative estimate of drug-likeness (QED) is 0.329. The summed E-state index contributed by atoms with van der Waals surface area (Å²) in [4.78, 5) is 48.9. The molecule has 1 fully saturated rings. The predicted molar refractivity (Wildman–Crippen MR) is 93.8 cm³/mol. The highest BCUT2D eigenvalue weighted by molar-refractivity contribution is 5.91. The highest BCUT2D eigenvalue weighted by Gasteiger charge is 2.23. The van der Waals surface area contributed by atoms with Crippen LogP contribution in [0.5, 0.6) is 0 Å². The summed E-state index contributed by atoms with van der Waals surface area (Å²) in [7, 11) is 0. The van der Waals surface area contributed by atoms with Crippen molar-refractivity contribution in [2.24, 2.45) is 0 Å². The van der Waals surface area contributed by atoms with Gasteiger partial charge in [0, 0.05) is 13.1 Å². The summed E-state index contributed by atoms with van der Waals surface area (Å²) in [5, 5.41) is 5.14. The molecule has 1 saturated heterocycles. The zero-order valence-electron chi connectivity index (χ0n) is 15.6. The van der Waals surface area contributed by atoms with E-state index >= 15 is 0 Å². The molecule has 0 aromatic heterocycles. The summed E-state index contributed by atoms with van der Waals surface area (Å²) < 4.78 is 4.70. The monoisotopic (exact) mass is 371 g/mol. The van der Waals surface area contributed by atoms with Gasteiger partial charge in [-0.2, -0.15) is 0 Å². The number of hydrogen-bond acceptors (Lipinski definition) is 6. The predicted octanol–water partition coefficient (Wildman–Crippen LogP) is -0.741. The van der Waals surface area contributed by atoms with E-state index in [1.54, 1.807) is 18.7 Å². The van der Waals surface area contributed by atoms with Crippen molar-refractivity contribution in [3.8, 4) is 0 Å². The van der Waals surface area contributed by atoms with E-state index in [1.165, 1.54) is 6.92 Å². The number of hydrogen-bond donors (Lipinski definition) is 4. The smallest absolute Gasteiger partial charge is 0.321 e. The Morgan fingerprint density at radius 3 is 2.19 bits per heavy atom. The highest BCUT2D eigenvalue weighted by atomic mass is 16.5. The van der Waals surface area contributed by atoms with Gasteiger partial charge in [0.2, 0.25) is 5.91 Å². The van der Waals surface area contributed by atoms with Crippen LogP contribution < -0.4 is 21.5 Å². The first kappa shape index (κ1) is 21.7. The number of esters is 1. The summed E-state index contributed by atoms with van der Waals surface area (Å²) in [5.41, 5.74) is 4.73. The van der Waals surface area contributed by atoms with Gasteiger partial charge in [0.25, 0.3) is 5.91 Å². The maximum Gasteiger partial charge on any atom is 0.321 e. The van der Waals surface area contributed by atoms with Crippen LogP contribution in [-0.2, 0) is 19.1 Å². The minimum atomic E-state index is -0.841. The fourth-order valence-electron chi connectivity index (χ4n) is 2.37. The molecule has 1 aliphatic rings.